The van der Waals surface area contributed by atoms with Gasteiger partial charge in [0.05, 0.1) is 11.6 Å². The van der Waals surface area contributed by atoms with Crippen LogP contribution in [-0.2, 0) is 0 Å². The SMILES string of the molecule is N#Cc1cccc(C(=O)NCCNC(=O)c2ccccc2)c1. The molecule has 2 amide bonds. The number of carbonyl (C=O) groups is 2. The Morgan fingerprint density at radius 2 is 1.45 bits per heavy atom. The number of carbonyl (C=O) groups excluding carboxylic acids is 2. The molecular formula is C17H15N3O2. The van der Waals surface area contributed by atoms with Gasteiger partial charge in [-0.15, -0.1) is 0 Å². The van der Waals surface area contributed by atoms with E-state index < -0.39 is 0 Å². The molecule has 2 aromatic carbocycles. The van der Waals surface area contributed by atoms with Crippen LogP contribution in [0.2, 0.25) is 0 Å². The zero-order chi connectivity index (χ0) is 15.8. The maximum Gasteiger partial charge on any atom is 0.251 e. The van der Waals surface area contributed by atoms with Crippen LogP contribution in [0.15, 0.2) is 54.6 Å². The van der Waals surface area contributed by atoms with Crippen molar-refractivity contribution < 1.29 is 9.59 Å². The van der Waals surface area contributed by atoms with Crippen molar-refractivity contribution >= 4 is 11.8 Å². The van der Waals surface area contributed by atoms with Crippen molar-refractivity contribution in [2.45, 2.75) is 0 Å². The maximum atomic E-state index is 11.9. The van der Waals surface area contributed by atoms with E-state index >= 15 is 0 Å². The number of nitriles is 1. The Labute approximate surface area is 128 Å². The Hall–Kier alpha value is -3.13. The Bertz CT molecular complexity index is 705. The number of nitrogens with zero attached hydrogens (tertiary/aromatic N) is 1. The quantitative estimate of drug-likeness (QED) is 0.823. The second-order valence-corrected chi connectivity index (χ2v) is 4.57. The summed E-state index contributed by atoms with van der Waals surface area (Å²) in [6.07, 6.45) is 0. The first-order valence-electron chi connectivity index (χ1n) is 6.82. The van der Waals surface area contributed by atoms with E-state index in [1.54, 1.807) is 42.5 Å². The van der Waals surface area contributed by atoms with E-state index in [1.165, 1.54) is 6.07 Å². The van der Waals surface area contributed by atoms with E-state index in [-0.39, 0.29) is 11.8 Å². The van der Waals surface area contributed by atoms with E-state index in [0.29, 0.717) is 29.8 Å². The minimum atomic E-state index is -0.272. The zero-order valence-electron chi connectivity index (χ0n) is 11.9. The van der Waals surface area contributed by atoms with Crippen LogP contribution in [0.5, 0.6) is 0 Å². The molecule has 22 heavy (non-hydrogen) atoms. The van der Waals surface area contributed by atoms with Crippen molar-refractivity contribution in [2.75, 3.05) is 13.1 Å². The van der Waals surface area contributed by atoms with Crippen LogP contribution in [-0.4, -0.2) is 24.9 Å². The van der Waals surface area contributed by atoms with Crippen LogP contribution >= 0.6 is 0 Å². The molecule has 0 radical (unpaired) electrons. The van der Waals surface area contributed by atoms with Gasteiger partial charge >= 0.3 is 0 Å². The third-order valence-electron chi connectivity index (χ3n) is 2.99. The van der Waals surface area contributed by atoms with Crippen molar-refractivity contribution in [2.24, 2.45) is 0 Å². The van der Waals surface area contributed by atoms with Gasteiger partial charge in [0, 0.05) is 24.2 Å². The van der Waals surface area contributed by atoms with Gasteiger partial charge in [-0.05, 0) is 30.3 Å². The van der Waals surface area contributed by atoms with Gasteiger partial charge in [0.2, 0.25) is 0 Å². The molecule has 110 valence electrons. The molecule has 2 rings (SSSR count). The molecule has 2 N–H and O–H groups in total. The predicted molar refractivity (Wildman–Crippen MR) is 82.3 cm³/mol. The van der Waals surface area contributed by atoms with Crippen LogP contribution < -0.4 is 10.6 Å². The number of hydrogen-bond donors (Lipinski definition) is 2. The van der Waals surface area contributed by atoms with Crippen LogP contribution in [0, 0.1) is 11.3 Å². The molecule has 0 saturated carbocycles. The lowest BCUT2D eigenvalue weighted by atomic mass is 10.1. The van der Waals surface area contributed by atoms with Gasteiger partial charge in [-0.25, -0.2) is 0 Å². The Kier molecular flexibility index (Phi) is 5.27. The summed E-state index contributed by atoms with van der Waals surface area (Å²) in [5, 5.41) is 14.2. The minimum absolute atomic E-state index is 0.179. The number of amides is 2. The highest BCUT2D eigenvalue weighted by Gasteiger charge is 2.06. The average molecular weight is 293 g/mol. The van der Waals surface area contributed by atoms with E-state index in [2.05, 4.69) is 10.6 Å². The van der Waals surface area contributed by atoms with Gasteiger partial charge in [0.1, 0.15) is 0 Å². The molecule has 2 aromatic rings. The first-order valence-corrected chi connectivity index (χ1v) is 6.82. The molecule has 0 aromatic heterocycles. The number of hydrogen-bond acceptors (Lipinski definition) is 3. The lowest BCUT2D eigenvalue weighted by molar-refractivity contribution is 0.0927. The predicted octanol–water partition coefficient (Wildman–Crippen LogP) is 1.72. The molecule has 0 spiro atoms. The maximum absolute atomic E-state index is 11.9. The van der Waals surface area contributed by atoms with Crippen molar-refractivity contribution in [3.05, 3.63) is 71.3 Å². The third-order valence-corrected chi connectivity index (χ3v) is 2.99. The van der Waals surface area contributed by atoms with Gasteiger partial charge in [0.25, 0.3) is 11.8 Å². The molecule has 0 aliphatic heterocycles. The summed E-state index contributed by atoms with van der Waals surface area (Å²) in [6, 6.07) is 17.3. The lowest BCUT2D eigenvalue weighted by Crippen LogP contribution is -2.34. The van der Waals surface area contributed by atoms with E-state index in [1.807, 2.05) is 12.1 Å². The molecule has 0 unspecified atom stereocenters. The molecule has 0 saturated heterocycles. The second-order valence-electron chi connectivity index (χ2n) is 4.57. The fraction of sp³-hybridized carbons (Fsp3) is 0.118. The zero-order valence-corrected chi connectivity index (χ0v) is 11.9. The van der Waals surface area contributed by atoms with Crippen molar-refractivity contribution in [3.8, 4) is 6.07 Å². The third kappa shape index (κ3) is 4.18. The summed E-state index contributed by atoms with van der Waals surface area (Å²) in [5.74, 6) is -0.451. The summed E-state index contributed by atoms with van der Waals surface area (Å²) >= 11 is 0. The number of nitrogens with one attached hydrogen (secondary N) is 2. The van der Waals surface area contributed by atoms with Gasteiger partial charge in [-0.1, -0.05) is 24.3 Å². The fourth-order valence-corrected chi connectivity index (χ4v) is 1.88. The summed E-state index contributed by atoms with van der Waals surface area (Å²) in [6.45, 7) is 0.644. The fourth-order valence-electron chi connectivity index (χ4n) is 1.88. The highest BCUT2D eigenvalue weighted by molar-refractivity contribution is 5.95. The molecule has 0 fully saturated rings. The molecule has 0 bridgehead atoms. The first-order chi connectivity index (χ1) is 10.7. The summed E-state index contributed by atoms with van der Waals surface area (Å²) in [5.41, 5.74) is 1.44. The Morgan fingerprint density at radius 1 is 0.864 bits per heavy atom. The molecule has 5 heteroatoms. The van der Waals surface area contributed by atoms with Crippen molar-refractivity contribution in [1.29, 1.82) is 5.26 Å². The van der Waals surface area contributed by atoms with Crippen LogP contribution in [0.4, 0.5) is 0 Å². The van der Waals surface area contributed by atoms with E-state index in [0.717, 1.165) is 0 Å². The average Bonchev–Trinajstić information content (AvgIpc) is 2.59. The highest BCUT2D eigenvalue weighted by Crippen LogP contribution is 2.03. The second kappa shape index (κ2) is 7.60. The molecule has 5 nitrogen and oxygen atoms in total. The Morgan fingerprint density at radius 3 is 2.09 bits per heavy atom. The van der Waals surface area contributed by atoms with Crippen LogP contribution in [0.3, 0.4) is 0 Å². The summed E-state index contributed by atoms with van der Waals surface area (Å²) in [7, 11) is 0. The monoisotopic (exact) mass is 293 g/mol. The van der Waals surface area contributed by atoms with Gasteiger partial charge in [0.15, 0.2) is 0 Å². The molecule has 0 aliphatic rings. The van der Waals surface area contributed by atoms with Gasteiger partial charge in [-0.3, -0.25) is 9.59 Å². The van der Waals surface area contributed by atoms with Crippen LogP contribution in [0.1, 0.15) is 26.3 Å². The van der Waals surface area contributed by atoms with Gasteiger partial charge in [-0.2, -0.15) is 5.26 Å². The molecule has 0 aliphatic carbocycles. The van der Waals surface area contributed by atoms with Crippen molar-refractivity contribution in [3.63, 3.8) is 0 Å². The Balaban J connectivity index is 1.78. The molecular weight excluding hydrogens is 278 g/mol. The topological polar surface area (TPSA) is 82.0 Å². The normalized spacial score (nSPS) is 9.59. The van der Waals surface area contributed by atoms with E-state index in [9.17, 15) is 9.59 Å². The van der Waals surface area contributed by atoms with Crippen LogP contribution in [0.25, 0.3) is 0 Å². The summed E-state index contributed by atoms with van der Waals surface area (Å²) in [4.78, 5) is 23.7. The van der Waals surface area contributed by atoms with Crippen molar-refractivity contribution in [1.82, 2.24) is 10.6 Å². The van der Waals surface area contributed by atoms with E-state index in [4.69, 9.17) is 5.26 Å². The molecule has 0 heterocycles. The number of benzene rings is 2. The smallest absolute Gasteiger partial charge is 0.251 e. The minimum Gasteiger partial charge on any atom is -0.350 e. The lowest BCUT2D eigenvalue weighted by Gasteiger charge is -2.07. The molecule has 0 atom stereocenters. The number of rotatable bonds is 5. The standard InChI is InChI=1S/C17H15N3O2/c18-12-13-5-4-8-15(11-13)17(22)20-10-9-19-16(21)14-6-2-1-3-7-14/h1-8,11H,9-10H2,(H,19,21)(H,20,22). The highest BCUT2D eigenvalue weighted by atomic mass is 16.2. The van der Waals surface area contributed by atoms with Gasteiger partial charge < -0.3 is 10.6 Å². The largest absolute Gasteiger partial charge is 0.350 e. The summed E-state index contributed by atoms with van der Waals surface area (Å²) < 4.78 is 0. The first kappa shape index (κ1) is 15.3.